The maximum atomic E-state index is 12.8. The van der Waals surface area contributed by atoms with Gasteiger partial charge in [-0.3, -0.25) is 9.69 Å². The number of nitrogens with zero attached hydrogens (tertiary/aromatic N) is 3. The molecule has 2 aliphatic heterocycles. The minimum Gasteiger partial charge on any atom is -0.349 e. The fourth-order valence-corrected chi connectivity index (χ4v) is 6.69. The summed E-state index contributed by atoms with van der Waals surface area (Å²) in [6, 6.07) is 21.0. The van der Waals surface area contributed by atoms with Crippen LogP contribution in [0.1, 0.15) is 74.8 Å². The predicted molar refractivity (Wildman–Crippen MR) is 136 cm³/mol. The normalized spacial score (nSPS) is 25.9. The van der Waals surface area contributed by atoms with E-state index in [4.69, 9.17) is 4.98 Å². The van der Waals surface area contributed by atoms with E-state index in [2.05, 4.69) is 76.3 Å². The van der Waals surface area contributed by atoms with Crippen LogP contribution in [0.2, 0.25) is 0 Å². The van der Waals surface area contributed by atoms with Crippen molar-refractivity contribution in [3.05, 3.63) is 66.0 Å². The van der Waals surface area contributed by atoms with Crippen LogP contribution >= 0.6 is 0 Å². The Labute approximate surface area is 202 Å². The summed E-state index contributed by atoms with van der Waals surface area (Å²) in [5.41, 5.74) is 3.63. The molecule has 1 N–H and O–H groups in total. The number of para-hydroxylation sites is 2. The Morgan fingerprint density at radius 1 is 0.971 bits per heavy atom. The maximum Gasteiger partial charge on any atom is 0.223 e. The number of fused-ring (bicyclic) bond motifs is 3. The van der Waals surface area contributed by atoms with E-state index in [0.29, 0.717) is 18.1 Å². The fraction of sp³-hybridized carbons (Fsp3) is 0.517. The molecule has 3 heterocycles. The molecule has 1 amide bonds. The predicted octanol–water partition coefficient (Wildman–Crippen LogP) is 5.56. The lowest BCUT2D eigenvalue weighted by molar-refractivity contribution is -0.128. The van der Waals surface area contributed by atoms with Crippen molar-refractivity contribution >= 4 is 16.9 Å². The van der Waals surface area contributed by atoms with Crippen LogP contribution in [-0.2, 0) is 4.79 Å². The Hall–Kier alpha value is -2.66. The summed E-state index contributed by atoms with van der Waals surface area (Å²) in [4.78, 5) is 20.4. The Bertz CT molecular complexity index is 1140. The highest BCUT2D eigenvalue weighted by Crippen LogP contribution is 2.42. The third-order valence-corrected chi connectivity index (χ3v) is 8.67. The number of aromatic nitrogens is 2. The number of imidazole rings is 1. The molecule has 178 valence electrons. The van der Waals surface area contributed by atoms with E-state index in [1.807, 2.05) is 0 Å². The summed E-state index contributed by atoms with van der Waals surface area (Å²) in [5.74, 6) is 1.62. The molecule has 1 saturated carbocycles. The first kappa shape index (κ1) is 21.8. The van der Waals surface area contributed by atoms with Crippen LogP contribution in [0, 0.1) is 12.8 Å². The number of hydrogen-bond acceptors (Lipinski definition) is 3. The molecule has 5 nitrogen and oxygen atoms in total. The molecular weight excluding hydrogens is 420 g/mol. The molecule has 3 aliphatic rings. The number of rotatable bonds is 7. The molecule has 2 bridgehead atoms. The van der Waals surface area contributed by atoms with Crippen molar-refractivity contribution in [3.63, 3.8) is 0 Å². The minimum atomic E-state index is 0.103. The van der Waals surface area contributed by atoms with Crippen LogP contribution in [0.3, 0.4) is 0 Å². The number of aryl methyl sites for hydroxylation is 1. The van der Waals surface area contributed by atoms with Gasteiger partial charge in [0.15, 0.2) is 0 Å². The van der Waals surface area contributed by atoms with Gasteiger partial charge in [-0.05, 0) is 69.6 Å². The standard InChI is InChI=1S/C29H36N4O/c1-20-30-27-12-5-6-13-28(27)33(20)25-18-23-14-15-24(19-25)32(23)17-16-26(21-8-3-2-4-9-21)31-29(34)22-10-7-11-22/h2-6,8-9,12-13,22-26H,7,10-11,14-19H2,1H3,(H,31,34)/t23-,24+,25-,26?. The number of piperidine rings is 1. The number of benzene rings is 2. The number of hydrogen-bond donors (Lipinski definition) is 1. The smallest absolute Gasteiger partial charge is 0.223 e. The molecule has 0 spiro atoms. The molecule has 5 heteroatoms. The van der Waals surface area contributed by atoms with E-state index in [9.17, 15) is 4.79 Å². The second-order valence-corrected chi connectivity index (χ2v) is 10.7. The van der Waals surface area contributed by atoms with Crippen LogP contribution in [-0.4, -0.2) is 39.0 Å². The summed E-state index contributed by atoms with van der Waals surface area (Å²) in [6.07, 6.45) is 9.24. The lowest BCUT2D eigenvalue weighted by Crippen LogP contribution is -2.45. The lowest BCUT2D eigenvalue weighted by Gasteiger charge is -2.40. The van der Waals surface area contributed by atoms with Gasteiger partial charge < -0.3 is 9.88 Å². The van der Waals surface area contributed by atoms with Gasteiger partial charge in [-0.1, -0.05) is 48.9 Å². The third-order valence-electron chi connectivity index (χ3n) is 8.67. The molecule has 0 radical (unpaired) electrons. The quantitative estimate of drug-likeness (QED) is 0.506. The van der Waals surface area contributed by atoms with Crippen molar-refractivity contribution in [2.24, 2.45) is 5.92 Å². The number of amides is 1. The molecular formula is C29H36N4O. The fourth-order valence-electron chi connectivity index (χ4n) is 6.69. The van der Waals surface area contributed by atoms with Crippen molar-refractivity contribution < 1.29 is 4.79 Å². The molecule has 34 heavy (non-hydrogen) atoms. The number of nitrogens with one attached hydrogen (secondary N) is 1. The first-order valence-electron chi connectivity index (χ1n) is 13.2. The lowest BCUT2D eigenvalue weighted by atomic mass is 9.84. The van der Waals surface area contributed by atoms with Crippen LogP contribution < -0.4 is 5.32 Å². The number of carbonyl (C=O) groups is 1. The third kappa shape index (κ3) is 4.04. The SMILES string of the molecule is Cc1nc2ccccc2n1[C@@H]1C[C@H]2CC[C@@H](C1)N2CCC(NC(=O)C1CCC1)c1ccccc1. The van der Waals surface area contributed by atoms with E-state index in [1.165, 1.54) is 43.2 Å². The van der Waals surface area contributed by atoms with Crippen molar-refractivity contribution in [2.45, 2.75) is 82.5 Å². The number of carbonyl (C=O) groups excluding carboxylic acids is 1. The highest BCUT2D eigenvalue weighted by molar-refractivity contribution is 5.79. The summed E-state index contributed by atoms with van der Waals surface area (Å²) in [7, 11) is 0. The van der Waals surface area contributed by atoms with Gasteiger partial charge in [0, 0.05) is 30.6 Å². The maximum absolute atomic E-state index is 12.8. The van der Waals surface area contributed by atoms with Crippen molar-refractivity contribution in [3.8, 4) is 0 Å². The summed E-state index contributed by atoms with van der Waals surface area (Å²) in [6.45, 7) is 3.21. The van der Waals surface area contributed by atoms with Crippen LogP contribution in [0.15, 0.2) is 54.6 Å². The summed E-state index contributed by atoms with van der Waals surface area (Å²) >= 11 is 0. The van der Waals surface area contributed by atoms with E-state index in [-0.39, 0.29) is 17.9 Å². The molecule has 3 fully saturated rings. The van der Waals surface area contributed by atoms with E-state index < -0.39 is 0 Å². The van der Waals surface area contributed by atoms with Crippen LogP contribution in [0.4, 0.5) is 0 Å². The summed E-state index contributed by atoms with van der Waals surface area (Å²) < 4.78 is 2.50. The topological polar surface area (TPSA) is 50.2 Å². The largest absolute Gasteiger partial charge is 0.349 e. The Morgan fingerprint density at radius 2 is 1.68 bits per heavy atom. The molecule has 3 aromatic rings. The Kier molecular flexibility index (Phi) is 5.90. The molecule has 2 saturated heterocycles. The molecule has 1 aliphatic carbocycles. The monoisotopic (exact) mass is 456 g/mol. The molecule has 1 unspecified atom stereocenters. The molecule has 6 rings (SSSR count). The average molecular weight is 457 g/mol. The summed E-state index contributed by atoms with van der Waals surface area (Å²) in [5, 5.41) is 3.41. The molecule has 1 aromatic heterocycles. The zero-order valence-electron chi connectivity index (χ0n) is 20.2. The zero-order chi connectivity index (χ0) is 23.1. The molecule has 2 aromatic carbocycles. The second kappa shape index (κ2) is 9.18. The van der Waals surface area contributed by atoms with Gasteiger partial charge in [0.1, 0.15) is 5.82 Å². The van der Waals surface area contributed by atoms with Crippen LogP contribution in [0.25, 0.3) is 11.0 Å². The average Bonchev–Trinajstić information content (AvgIpc) is 3.26. The van der Waals surface area contributed by atoms with Crippen LogP contribution in [0.5, 0.6) is 0 Å². The zero-order valence-corrected chi connectivity index (χ0v) is 20.2. The van der Waals surface area contributed by atoms with Crippen molar-refractivity contribution in [1.29, 1.82) is 0 Å². The van der Waals surface area contributed by atoms with E-state index >= 15 is 0 Å². The minimum absolute atomic E-state index is 0.103. The second-order valence-electron chi connectivity index (χ2n) is 10.7. The van der Waals surface area contributed by atoms with Crippen molar-refractivity contribution in [2.75, 3.05) is 6.54 Å². The highest BCUT2D eigenvalue weighted by Gasteiger charge is 2.42. The van der Waals surface area contributed by atoms with Gasteiger partial charge in [-0.15, -0.1) is 0 Å². The van der Waals surface area contributed by atoms with E-state index in [1.54, 1.807) is 0 Å². The van der Waals surface area contributed by atoms with Gasteiger partial charge in [-0.2, -0.15) is 0 Å². The van der Waals surface area contributed by atoms with E-state index in [0.717, 1.165) is 37.1 Å². The molecule has 4 atom stereocenters. The Morgan fingerprint density at radius 3 is 2.38 bits per heavy atom. The first-order chi connectivity index (χ1) is 16.7. The Balaban J connectivity index is 1.15. The van der Waals surface area contributed by atoms with Gasteiger partial charge in [0.05, 0.1) is 17.1 Å². The van der Waals surface area contributed by atoms with Gasteiger partial charge in [0.25, 0.3) is 0 Å². The van der Waals surface area contributed by atoms with Gasteiger partial charge >= 0.3 is 0 Å². The highest BCUT2D eigenvalue weighted by atomic mass is 16.2. The first-order valence-corrected chi connectivity index (χ1v) is 13.2. The van der Waals surface area contributed by atoms with Gasteiger partial charge in [0.2, 0.25) is 5.91 Å². The van der Waals surface area contributed by atoms with Gasteiger partial charge in [-0.25, -0.2) is 4.98 Å². The van der Waals surface area contributed by atoms with Crippen molar-refractivity contribution in [1.82, 2.24) is 19.8 Å².